The van der Waals surface area contributed by atoms with Crippen molar-refractivity contribution in [3.8, 4) is 5.75 Å². The van der Waals surface area contributed by atoms with Crippen molar-refractivity contribution in [2.45, 2.75) is 57.3 Å². The summed E-state index contributed by atoms with van der Waals surface area (Å²) in [6.45, 7) is 3.57. The van der Waals surface area contributed by atoms with E-state index in [-0.39, 0.29) is 30.9 Å². The number of carboxylic acid groups (broad SMARTS) is 1. The Bertz CT molecular complexity index is 1100. The molecule has 0 bridgehead atoms. The second-order valence-electron chi connectivity index (χ2n) is 9.63. The van der Waals surface area contributed by atoms with Crippen LogP contribution in [0, 0.1) is 5.92 Å². The number of nitrogens with one attached hydrogen (secondary N) is 3. The van der Waals surface area contributed by atoms with Crippen molar-refractivity contribution in [3.63, 3.8) is 0 Å². The summed E-state index contributed by atoms with van der Waals surface area (Å²) in [6, 6.07) is 11.1. The maximum atomic E-state index is 13.5. The van der Waals surface area contributed by atoms with Crippen LogP contribution in [-0.2, 0) is 32.0 Å². The van der Waals surface area contributed by atoms with Crippen molar-refractivity contribution in [2.75, 3.05) is 12.0 Å². The number of hydrogen-bond donors (Lipinski definition) is 6. The summed E-state index contributed by atoms with van der Waals surface area (Å²) >= 11 is 1.46. The minimum absolute atomic E-state index is 0.0553. The molecule has 2 aromatic rings. The van der Waals surface area contributed by atoms with Gasteiger partial charge in [0, 0.05) is 12.8 Å². The van der Waals surface area contributed by atoms with E-state index in [1.807, 2.05) is 12.3 Å². The van der Waals surface area contributed by atoms with Crippen LogP contribution in [-0.4, -0.2) is 70.1 Å². The molecule has 10 nitrogen and oxygen atoms in total. The fraction of sp³-hybridized carbons (Fsp3) is 0.429. The molecule has 0 aliphatic heterocycles. The van der Waals surface area contributed by atoms with E-state index in [4.69, 9.17) is 5.73 Å². The number of nitrogens with two attached hydrogens (primary N) is 1. The van der Waals surface area contributed by atoms with Crippen LogP contribution in [0.5, 0.6) is 5.75 Å². The van der Waals surface area contributed by atoms with Crippen molar-refractivity contribution in [1.82, 2.24) is 16.0 Å². The topological polar surface area (TPSA) is 171 Å². The first-order valence-electron chi connectivity index (χ1n) is 12.7. The van der Waals surface area contributed by atoms with Crippen LogP contribution in [0.1, 0.15) is 31.4 Å². The molecule has 0 saturated heterocycles. The molecule has 2 rings (SSSR count). The van der Waals surface area contributed by atoms with E-state index in [9.17, 15) is 29.4 Å². The van der Waals surface area contributed by atoms with Crippen molar-refractivity contribution in [1.29, 1.82) is 0 Å². The molecular weight excluding hydrogens is 520 g/mol. The fourth-order valence-corrected chi connectivity index (χ4v) is 4.22. The van der Waals surface area contributed by atoms with E-state index in [1.54, 1.807) is 50.2 Å². The van der Waals surface area contributed by atoms with Gasteiger partial charge in [-0.3, -0.25) is 14.4 Å². The maximum Gasteiger partial charge on any atom is 0.326 e. The van der Waals surface area contributed by atoms with Crippen LogP contribution < -0.4 is 21.7 Å². The summed E-state index contributed by atoms with van der Waals surface area (Å²) in [5.41, 5.74) is 7.42. The predicted octanol–water partition coefficient (Wildman–Crippen LogP) is 1.45. The standard InChI is InChI=1S/C28H38N4O6S/c1-17(2)24(29)27(36)32-23(16-19-9-11-20(33)12-10-19)26(35)31-22(15-18-7-5-4-6-8-18)25(34)30-21(28(37)38)13-14-39-3/h4-12,17,21-24,33H,13-16,29H2,1-3H3,(H,30,34)(H,31,35)(H,32,36)(H,37,38). The number of amides is 3. The number of carbonyl (C=O) groups excluding carboxylic acids is 3. The largest absolute Gasteiger partial charge is 0.508 e. The lowest BCUT2D eigenvalue weighted by Crippen LogP contribution is -2.58. The van der Waals surface area contributed by atoms with Crippen LogP contribution >= 0.6 is 11.8 Å². The van der Waals surface area contributed by atoms with Gasteiger partial charge >= 0.3 is 5.97 Å². The van der Waals surface area contributed by atoms with E-state index in [0.29, 0.717) is 11.3 Å². The van der Waals surface area contributed by atoms with Crippen molar-refractivity contribution in [3.05, 3.63) is 65.7 Å². The molecule has 0 radical (unpaired) electrons. The fourth-order valence-electron chi connectivity index (χ4n) is 3.74. The minimum atomic E-state index is -1.16. The van der Waals surface area contributed by atoms with Gasteiger partial charge in [-0.05, 0) is 47.6 Å². The first-order chi connectivity index (χ1) is 18.5. The molecule has 0 saturated carbocycles. The third-order valence-electron chi connectivity index (χ3n) is 6.17. The van der Waals surface area contributed by atoms with Gasteiger partial charge in [-0.25, -0.2) is 4.79 Å². The summed E-state index contributed by atoms with van der Waals surface area (Å²) < 4.78 is 0. The molecule has 3 amide bonds. The molecule has 0 aliphatic carbocycles. The monoisotopic (exact) mass is 558 g/mol. The second kappa shape index (κ2) is 15.7. The molecule has 4 atom stereocenters. The van der Waals surface area contributed by atoms with Crippen LogP contribution in [0.3, 0.4) is 0 Å². The SMILES string of the molecule is CSCCC(NC(=O)C(Cc1ccccc1)NC(=O)C(Cc1ccc(O)cc1)NC(=O)C(N)C(C)C)C(=O)O. The molecule has 4 unspecified atom stereocenters. The van der Waals surface area contributed by atoms with E-state index >= 15 is 0 Å². The van der Waals surface area contributed by atoms with Gasteiger partial charge in [-0.1, -0.05) is 56.3 Å². The summed E-state index contributed by atoms with van der Waals surface area (Å²) in [4.78, 5) is 51.3. The Labute approximate surface area is 233 Å². The number of benzene rings is 2. The number of phenols is 1. The molecule has 39 heavy (non-hydrogen) atoms. The van der Waals surface area contributed by atoms with Crippen molar-refractivity contribution >= 4 is 35.5 Å². The Morgan fingerprint density at radius 2 is 1.28 bits per heavy atom. The molecule has 0 spiro atoms. The Kier molecular flexibility index (Phi) is 12.8. The molecule has 7 N–H and O–H groups in total. The number of hydrogen-bond acceptors (Lipinski definition) is 7. The maximum absolute atomic E-state index is 13.5. The number of thioether (sulfide) groups is 1. The lowest BCUT2D eigenvalue weighted by atomic mass is 10.0. The third kappa shape index (κ3) is 10.6. The molecular formula is C28H38N4O6S. The number of aliphatic carboxylic acids is 1. The lowest BCUT2D eigenvalue weighted by Gasteiger charge is -2.26. The van der Waals surface area contributed by atoms with E-state index in [2.05, 4.69) is 16.0 Å². The summed E-state index contributed by atoms with van der Waals surface area (Å²) in [7, 11) is 0. The summed E-state index contributed by atoms with van der Waals surface area (Å²) in [5, 5.41) is 27.1. The van der Waals surface area contributed by atoms with Crippen LogP contribution in [0.15, 0.2) is 54.6 Å². The predicted molar refractivity (Wildman–Crippen MR) is 151 cm³/mol. The Balaban J connectivity index is 2.31. The highest BCUT2D eigenvalue weighted by molar-refractivity contribution is 7.98. The number of aromatic hydroxyl groups is 1. The van der Waals surface area contributed by atoms with Gasteiger partial charge in [0.1, 0.15) is 23.9 Å². The van der Waals surface area contributed by atoms with Gasteiger partial charge < -0.3 is 31.9 Å². The molecule has 0 fully saturated rings. The molecule has 2 aromatic carbocycles. The second-order valence-corrected chi connectivity index (χ2v) is 10.6. The summed E-state index contributed by atoms with van der Waals surface area (Å²) in [5.74, 6) is -2.54. The zero-order chi connectivity index (χ0) is 28.9. The number of carboxylic acids is 1. The highest BCUT2D eigenvalue weighted by atomic mass is 32.2. The van der Waals surface area contributed by atoms with Gasteiger partial charge in [0.2, 0.25) is 17.7 Å². The van der Waals surface area contributed by atoms with Crippen LogP contribution in [0.25, 0.3) is 0 Å². The smallest absolute Gasteiger partial charge is 0.326 e. The van der Waals surface area contributed by atoms with Gasteiger partial charge in [0.05, 0.1) is 6.04 Å². The van der Waals surface area contributed by atoms with Crippen LogP contribution in [0.2, 0.25) is 0 Å². The zero-order valence-corrected chi connectivity index (χ0v) is 23.2. The number of phenolic OH excluding ortho intramolecular Hbond substituents is 1. The average Bonchev–Trinajstić information content (AvgIpc) is 2.91. The van der Waals surface area contributed by atoms with Crippen molar-refractivity contribution < 1.29 is 29.4 Å². The van der Waals surface area contributed by atoms with Gasteiger partial charge in [-0.15, -0.1) is 0 Å². The van der Waals surface area contributed by atoms with Gasteiger partial charge in [0.25, 0.3) is 0 Å². The molecule has 11 heteroatoms. The van der Waals surface area contributed by atoms with Gasteiger partial charge in [0.15, 0.2) is 0 Å². The van der Waals surface area contributed by atoms with E-state index in [1.165, 1.54) is 23.9 Å². The average molecular weight is 559 g/mol. The van der Waals surface area contributed by atoms with Gasteiger partial charge in [-0.2, -0.15) is 11.8 Å². The summed E-state index contributed by atoms with van der Waals surface area (Å²) in [6.07, 6.45) is 2.25. The van der Waals surface area contributed by atoms with E-state index in [0.717, 1.165) is 5.56 Å². The number of rotatable bonds is 15. The first kappa shape index (κ1) is 31.6. The Morgan fingerprint density at radius 3 is 1.77 bits per heavy atom. The molecule has 0 aliphatic rings. The Hall–Kier alpha value is -3.57. The first-order valence-corrected chi connectivity index (χ1v) is 14.1. The number of carbonyl (C=O) groups is 4. The quantitative estimate of drug-likeness (QED) is 0.191. The minimum Gasteiger partial charge on any atom is -0.508 e. The van der Waals surface area contributed by atoms with Crippen molar-refractivity contribution in [2.24, 2.45) is 11.7 Å². The Morgan fingerprint density at radius 1 is 0.795 bits per heavy atom. The third-order valence-corrected chi connectivity index (χ3v) is 6.81. The molecule has 0 heterocycles. The zero-order valence-electron chi connectivity index (χ0n) is 22.4. The molecule has 212 valence electrons. The highest BCUT2D eigenvalue weighted by Crippen LogP contribution is 2.13. The molecule has 0 aromatic heterocycles. The highest BCUT2D eigenvalue weighted by Gasteiger charge is 2.31. The van der Waals surface area contributed by atoms with E-state index < -0.39 is 47.9 Å². The normalized spacial score (nSPS) is 14.1. The lowest BCUT2D eigenvalue weighted by molar-refractivity contribution is -0.142. The van der Waals surface area contributed by atoms with Crippen LogP contribution in [0.4, 0.5) is 0 Å².